The third-order valence-corrected chi connectivity index (χ3v) is 7.58. The number of carbonyl (C=O) groups is 2. The number of anilines is 1. The minimum atomic E-state index is -0.572. The number of amides is 2. The molecule has 5 nitrogen and oxygen atoms in total. The van der Waals surface area contributed by atoms with E-state index in [-0.39, 0.29) is 18.2 Å². The van der Waals surface area contributed by atoms with Gasteiger partial charge in [0.2, 0.25) is 11.8 Å². The molecule has 0 N–H and O–H groups in total. The number of hydrogen-bond donors (Lipinski definition) is 0. The van der Waals surface area contributed by atoms with Gasteiger partial charge in [0.15, 0.2) is 0 Å². The van der Waals surface area contributed by atoms with Crippen LogP contribution in [0, 0.1) is 18.3 Å². The van der Waals surface area contributed by atoms with Crippen LogP contribution in [0.4, 0.5) is 5.69 Å². The zero-order valence-electron chi connectivity index (χ0n) is 18.3. The van der Waals surface area contributed by atoms with Gasteiger partial charge in [-0.1, -0.05) is 59.8 Å². The molecule has 1 aliphatic heterocycles. The number of imide groups is 1. The van der Waals surface area contributed by atoms with E-state index in [1.54, 1.807) is 12.1 Å². The van der Waals surface area contributed by atoms with Crippen LogP contribution in [0.15, 0.2) is 65.7 Å². The zero-order valence-corrected chi connectivity index (χ0v) is 19.1. The highest BCUT2D eigenvalue weighted by atomic mass is 32.2. The number of carbonyl (C=O) groups excluding carboxylic acids is 2. The number of hydrogen-bond acceptors (Lipinski definition) is 5. The van der Waals surface area contributed by atoms with E-state index in [1.165, 1.54) is 22.2 Å². The predicted molar refractivity (Wildman–Crippen MR) is 128 cm³/mol. The molecule has 0 spiro atoms. The van der Waals surface area contributed by atoms with Crippen molar-refractivity contribution in [3.8, 4) is 6.07 Å². The third-order valence-electron chi connectivity index (χ3n) is 6.39. The zero-order chi connectivity index (χ0) is 22.9. The Morgan fingerprint density at radius 1 is 1.06 bits per heavy atom. The molecule has 164 valence electrons. The summed E-state index contributed by atoms with van der Waals surface area (Å²) in [6, 6.07) is 22.0. The van der Waals surface area contributed by atoms with Crippen LogP contribution in [-0.4, -0.2) is 22.0 Å². The number of rotatable bonds is 4. The average molecular weight is 454 g/mol. The number of aryl methyl sites for hydroxylation is 2. The Morgan fingerprint density at radius 3 is 2.55 bits per heavy atom. The number of aromatic nitrogens is 1. The largest absolute Gasteiger partial charge is 0.274 e. The van der Waals surface area contributed by atoms with Crippen LogP contribution in [0.5, 0.6) is 0 Å². The number of benzene rings is 2. The Labute approximate surface area is 197 Å². The first-order valence-electron chi connectivity index (χ1n) is 11.1. The van der Waals surface area contributed by atoms with Gasteiger partial charge in [0.1, 0.15) is 11.1 Å². The SMILES string of the molecule is Cc1ccc(N2C(=O)C[C@H](Sc3nc4c(cc3C#N)C[C@H](c3ccccc3)CC4)C2=O)cc1. The first-order valence-corrected chi connectivity index (χ1v) is 12.0. The molecule has 2 aliphatic rings. The lowest BCUT2D eigenvalue weighted by atomic mass is 9.82. The molecule has 1 fully saturated rings. The van der Waals surface area contributed by atoms with Gasteiger partial charge in [0.25, 0.3) is 0 Å². The summed E-state index contributed by atoms with van der Waals surface area (Å²) in [5, 5.41) is 9.76. The standard InChI is InChI=1S/C27H23N3O2S/c1-17-7-10-22(11-8-17)30-25(31)15-24(27(30)32)33-26-21(16-28)14-20-13-19(9-12-23(20)29-26)18-5-3-2-4-6-18/h2-8,10-11,14,19,24H,9,12-13,15H2,1H3/t19-,24+/m1/s1. The van der Waals surface area contributed by atoms with E-state index < -0.39 is 5.25 Å². The molecule has 1 aromatic heterocycles. The fraction of sp³-hybridized carbons (Fsp3) is 0.259. The van der Waals surface area contributed by atoms with Crippen molar-refractivity contribution >= 4 is 29.3 Å². The van der Waals surface area contributed by atoms with Crippen LogP contribution in [0.1, 0.15) is 46.7 Å². The number of fused-ring (bicyclic) bond motifs is 1. The molecule has 2 heterocycles. The Bertz CT molecular complexity index is 1270. The molecular weight excluding hydrogens is 430 g/mol. The minimum absolute atomic E-state index is 0.108. The van der Waals surface area contributed by atoms with E-state index in [0.29, 0.717) is 22.2 Å². The topological polar surface area (TPSA) is 74.1 Å². The van der Waals surface area contributed by atoms with E-state index >= 15 is 0 Å². The summed E-state index contributed by atoms with van der Waals surface area (Å²) in [5.74, 6) is -0.0485. The van der Waals surface area contributed by atoms with Crippen molar-refractivity contribution in [1.82, 2.24) is 4.98 Å². The van der Waals surface area contributed by atoms with Gasteiger partial charge in [0.05, 0.1) is 16.5 Å². The van der Waals surface area contributed by atoms with Gasteiger partial charge in [-0.2, -0.15) is 5.26 Å². The maximum Gasteiger partial charge on any atom is 0.247 e. The normalized spacial score (nSPS) is 19.9. The van der Waals surface area contributed by atoms with E-state index in [9.17, 15) is 14.9 Å². The van der Waals surface area contributed by atoms with E-state index in [0.717, 1.165) is 36.1 Å². The average Bonchev–Trinajstić information content (AvgIpc) is 3.12. The molecule has 2 aromatic carbocycles. The Hall–Kier alpha value is -3.43. The first kappa shape index (κ1) is 21.4. The Kier molecular flexibility index (Phi) is 5.74. The molecule has 1 aliphatic carbocycles. The molecule has 0 unspecified atom stereocenters. The van der Waals surface area contributed by atoms with Crippen LogP contribution in [0.2, 0.25) is 0 Å². The smallest absolute Gasteiger partial charge is 0.247 e. The van der Waals surface area contributed by atoms with E-state index in [4.69, 9.17) is 4.98 Å². The van der Waals surface area contributed by atoms with Crippen molar-refractivity contribution in [2.24, 2.45) is 0 Å². The van der Waals surface area contributed by atoms with Crippen molar-refractivity contribution in [1.29, 1.82) is 5.26 Å². The second-order valence-electron chi connectivity index (χ2n) is 8.62. The molecule has 6 heteroatoms. The molecule has 3 aromatic rings. The van der Waals surface area contributed by atoms with Crippen molar-refractivity contribution < 1.29 is 9.59 Å². The second-order valence-corrected chi connectivity index (χ2v) is 9.81. The maximum atomic E-state index is 13.1. The van der Waals surface area contributed by atoms with Gasteiger partial charge >= 0.3 is 0 Å². The molecule has 0 radical (unpaired) electrons. The van der Waals surface area contributed by atoms with Gasteiger partial charge in [-0.05, 0) is 61.4 Å². The molecule has 5 rings (SSSR count). The van der Waals surface area contributed by atoms with Crippen LogP contribution in [-0.2, 0) is 22.4 Å². The summed E-state index contributed by atoms with van der Waals surface area (Å²) in [4.78, 5) is 31.8. The maximum absolute atomic E-state index is 13.1. The van der Waals surface area contributed by atoms with Crippen molar-refractivity contribution in [3.05, 3.63) is 88.6 Å². The summed E-state index contributed by atoms with van der Waals surface area (Å²) in [5.41, 5.74) is 5.54. The molecule has 33 heavy (non-hydrogen) atoms. The predicted octanol–water partition coefficient (Wildman–Crippen LogP) is 4.96. The van der Waals surface area contributed by atoms with Crippen LogP contribution >= 0.6 is 11.8 Å². The van der Waals surface area contributed by atoms with Gasteiger partial charge < -0.3 is 0 Å². The van der Waals surface area contributed by atoms with Gasteiger partial charge in [-0.25, -0.2) is 9.88 Å². The molecule has 2 amide bonds. The number of nitriles is 1. The Balaban J connectivity index is 1.37. The monoisotopic (exact) mass is 453 g/mol. The molecule has 2 atom stereocenters. The lowest BCUT2D eigenvalue weighted by Crippen LogP contribution is -2.31. The summed E-state index contributed by atoms with van der Waals surface area (Å²) < 4.78 is 0. The molecular formula is C27H23N3O2S. The molecule has 1 saturated heterocycles. The summed E-state index contributed by atoms with van der Waals surface area (Å²) in [6.07, 6.45) is 2.80. The van der Waals surface area contributed by atoms with Gasteiger partial charge in [-0.15, -0.1) is 0 Å². The summed E-state index contributed by atoms with van der Waals surface area (Å²) >= 11 is 1.24. The minimum Gasteiger partial charge on any atom is -0.274 e. The van der Waals surface area contributed by atoms with Crippen molar-refractivity contribution in [2.75, 3.05) is 4.90 Å². The number of pyridine rings is 1. The highest BCUT2D eigenvalue weighted by molar-refractivity contribution is 8.00. The van der Waals surface area contributed by atoms with Gasteiger partial charge in [0, 0.05) is 12.1 Å². The molecule has 0 bridgehead atoms. The number of thioether (sulfide) groups is 1. The van der Waals surface area contributed by atoms with Crippen molar-refractivity contribution in [2.45, 2.75) is 48.8 Å². The summed E-state index contributed by atoms with van der Waals surface area (Å²) in [6.45, 7) is 1.96. The fourth-order valence-electron chi connectivity index (χ4n) is 4.62. The van der Waals surface area contributed by atoms with Crippen molar-refractivity contribution in [3.63, 3.8) is 0 Å². The highest BCUT2D eigenvalue weighted by Crippen LogP contribution is 2.38. The first-order chi connectivity index (χ1) is 16.0. The summed E-state index contributed by atoms with van der Waals surface area (Å²) in [7, 11) is 0. The van der Waals surface area contributed by atoms with Crippen LogP contribution < -0.4 is 4.90 Å². The van der Waals surface area contributed by atoms with Gasteiger partial charge in [-0.3, -0.25) is 9.59 Å². The fourth-order valence-corrected chi connectivity index (χ4v) is 5.72. The highest BCUT2D eigenvalue weighted by Gasteiger charge is 2.41. The quantitative estimate of drug-likeness (QED) is 0.522. The third kappa shape index (κ3) is 4.17. The van der Waals surface area contributed by atoms with Crippen LogP contribution in [0.3, 0.4) is 0 Å². The van der Waals surface area contributed by atoms with Crippen LogP contribution in [0.25, 0.3) is 0 Å². The molecule has 0 saturated carbocycles. The second kappa shape index (κ2) is 8.84. The lowest BCUT2D eigenvalue weighted by molar-refractivity contribution is -0.121. The lowest BCUT2D eigenvalue weighted by Gasteiger charge is -2.25. The Morgan fingerprint density at radius 2 is 1.82 bits per heavy atom. The van der Waals surface area contributed by atoms with E-state index in [2.05, 4.69) is 30.3 Å². The number of nitrogens with zero attached hydrogens (tertiary/aromatic N) is 3. The van der Waals surface area contributed by atoms with E-state index in [1.807, 2.05) is 31.2 Å².